The zero-order chi connectivity index (χ0) is 10.1. The van der Waals surface area contributed by atoms with E-state index in [9.17, 15) is 0 Å². The first-order valence-electron chi connectivity index (χ1n) is 4.46. The van der Waals surface area contributed by atoms with Crippen LogP contribution in [0.2, 0.25) is 0 Å². The molecule has 0 unspecified atom stereocenters. The fraction of sp³-hybridized carbons (Fsp3) is 0.333. The quantitative estimate of drug-likeness (QED) is 0.820. The predicted octanol–water partition coefficient (Wildman–Crippen LogP) is 1.92. The van der Waals surface area contributed by atoms with E-state index in [1.54, 1.807) is 17.7 Å². The molecule has 0 atom stereocenters. The van der Waals surface area contributed by atoms with Gasteiger partial charge in [-0.15, -0.1) is 11.3 Å². The van der Waals surface area contributed by atoms with Crippen molar-refractivity contribution in [3.8, 4) is 11.4 Å². The van der Waals surface area contributed by atoms with E-state index in [-0.39, 0.29) is 0 Å². The molecular weight excluding hydrogens is 196 g/mol. The lowest BCUT2D eigenvalue weighted by Crippen LogP contribution is -1.99. The Kier molecular flexibility index (Phi) is 2.25. The number of aromatic nitrogens is 3. The summed E-state index contributed by atoms with van der Waals surface area (Å²) in [5, 5.41) is 4.93. The van der Waals surface area contributed by atoms with E-state index in [2.05, 4.69) is 16.1 Å². The van der Waals surface area contributed by atoms with E-state index in [1.165, 1.54) is 4.88 Å². The fourth-order valence-corrected chi connectivity index (χ4v) is 2.20. The van der Waals surface area contributed by atoms with Crippen molar-refractivity contribution in [3.63, 3.8) is 0 Å². The molecule has 0 aliphatic heterocycles. The molecule has 0 aliphatic rings. The summed E-state index contributed by atoms with van der Waals surface area (Å²) in [6.45, 7) is 4.88. The van der Waals surface area contributed by atoms with Crippen LogP contribution >= 0.6 is 11.3 Å². The molecule has 74 valence electrons. The SMILES string of the molecule is CCn1ncnc1-c1cc(C)sc1N. The van der Waals surface area contributed by atoms with Gasteiger partial charge in [0.25, 0.3) is 0 Å². The van der Waals surface area contributed by atoms with Crippen molar-refractivity contribution in [2.75, 3.05) is 5.73 Å². The van der Waals surface area contributed by atoms with Gasteiger partial charge < -0.3 is 5.73 Å². The summed E-state index contributed by atoms with van der Waals surface area (Å²) >= 11 is 1.58. The molecule has 0 aromatic carbocycles. The van der Waals surface area contributed by atoms with Crippen molar-refractivity contribution < 1.29 is 0 Å². The van der Waals surface area contributed by atoms with Crippen LogP contribution in [0.1, 0.15) is 11.8 Å². The summed E-state index contributed by atoms with van der Waals surface area (Å²) < 4.78 is 1.85. The minimum Gasteiger partial charge on any atom is -0.390 e. The Morgan fingerprint density at radius 3 is 2.93 bits per heavy atom. The van der Waals surface area contributed by atoms with E-state index in [0.717, 1.165) is 22.9 Å². The van der Waals surface area contributed by atoms with Crippen LogP contribution in [0, 0.1) is 6.92 Å². The summed E-state index contributed by atoms with van der Waals surface area (Å²) in [5.74, 6) is 0.856. The van der Waals surface area contributed by atoms with Crippen molar-refractivity contribution in [1.82, 2.24) is 14.8 Å². The molecular formula is C9H12N4S. The summed E-state index contributed by atoms with van der Waals surface area (Å²) in [6.07, 6.45) is 1.56. The maximum atomic E-state index is 5.89. The van der Waals surface area contributed by atoms with Crippen molar-refractivity contribution in [2.45, 2.75) is 20.4 Å². The molecule has 0 spiro atoms. The zero-order valence-corrected chi connectivity index (χ0v) is 9.01. The molecule has 2 N–H and O–H groups in total. The predicted molar refractivity (Wildman–Crippen MR) is 58.2 cm³/mol. The lowest BCUT2D eigenvalue weighted by atomic mass is 10.3. The molecule has 0 bridgehead atoms. The molecule has 4 nitrogen and oxygen atoms in total. The Balaban J connectivity index is 2.53. The second-order valence-electron chi connectivity index (χ2n) is 3.03. The number of nitrogens with zero attached hydrogens (tertiary/aromatic N) is 3. The first-order chi connectivity index (χ1) is 6.72. The van der Waals surface area contributed by atoms with E-state index in [4.69, 9.17) is 5.73 Å². The highest BCUT2D eigenvalue weighted by molar-refractivity contribution is 7.16. The monoisotopic (exact) mass is 208 g/mol. The molecule has 0 radical (unpaired) electrons. The van der Waals surface area contributed by atoms with Crippen LogP contribution in [0.5, 0.6) is 0 Å². The Morgan fingerprint density at radius 2 is 2.36 bits per heavy atom. The van der Waals surface area contributed by atoms with E-state index < -0.39 is 0 Å². The highest BCUT2D eigenvalue weighted by Gasteiger charge is 2.11. The maximum Gasteiger partial charge on any atom is 0.161 e. The molecule has 2 heterocycles. The van der Waals surface area contributed by atoms with Crippen molar-refractivity contribution in [2.24, 2.45) is 0 Å². The van der Waals surface area contributed by atoms with Gasteiger partial charge in [0, 0.05) is 11.4 Å². The average Bonchev–Trinajstić information content (AvgIpc) is 2.71. The number of aryl methyl sites for hydroxylation is 2. The molecule has 0 fully saturated rings. The lowest BCUT2D eigenvalue weighted by Gasteiger charge is -2.00. The third kappa shape index (κ3) is 1.39. The molecule has 14 heavy (non-hydrogen) atoms. The summed E-state index contributed by atoms with van der Waals surface area (Å²) in [4.78, 5) is 5.41. The second kappa shape index (κ2) is 3.42. The van der Waals surface area contributed by atoms with Crippen LogP contribution in [0.4, 0.5) is 5.00 Å². The van der Waals surface area contributed by atoms with E-state index in [1.807, 2.05) is 18.5 Å². The molecule has 0 saturated heterocycles. The first kappa shape index (κ1) is 9.21. The van der Waals surface area contributed by atoms with Gasteiger partial charge in [-0.25, -0.2) is 9.67 Å². The molecule has 2 aromatic heterocycles. The number of nitrogens with two attached hydrogens (primary N) is 1. The minimum atomic E-state index is 0.809. The summed E-state index contributed by atoms with van der Waals surface area (Å²) in [7, 11) is 0. The Morgan fingerprint density at radius 1 is 1.57 bits per heavy atom. The lowest BCUT2D eigenvalue weighted by molar-refractivity contribution is 0.666. The van der Waals surface area contributed by atoms with Gasteiger partial charge in [0.1, 0.15) is 6.33 Å². The second-order valence-corrected chi connectivity index (χ2v) is 4.32. The smallest absolute Gasteiger partial charge is 0.161 e. The highest BCUT2D eigenvalue weighted by Crippen LogP contribution is 2.31. The van der Waals surface area contributed by atoms with Gasteiger partial charge in [-0.1, -0.05) is 0 Å². The number of nitrogen functional groups attached to an aromatic ring is 1. The molecule has 0 aliphatic carbocycles. The van der Waals surface area contributed by atoms with E-state index in [0.29, 0.717) is 0 Å². The van der Waals surface area contributed by atoms with Crippen LogP contribution in [-0.4, -0.2) is 14.8 Å². The topological polar surface area (TPSA) is 56.7 Å². The van der Waals surface area contributed by atoms with Gasteiger partial charge in [0.05, 0.1) is 10.6 Å². The highest BCUT2D eigenvalue weighted by atomic mass is 32.1. The van der Waals surface area contributed by atoms with Crippen LogP contribution in [0.25, 0.3) is 11.4 Å². The van der Waals surface area contributed by atoms with Crippen molar-refractivity contribution in [1.29, 1.82) is 0 Å². The first-order valence-corrected chi connectivity index (χ1v) is 5.28. The van der Waals surface area contributed by atoms with E-state index >= 15 is 0 Å². The molecule has 2 rings (SSSR count). The van der Waals surface area contributed by atoms with Gasteiger partial charge in [-0.05, 0) is 19.9 Å². The van der Waals surface area contributed by atoms with Gasteiger partial charge in [0.2, 0.25) is 0 Å². The standard InChI is InChI=1S/C9H12N4S/c1-3-13-9(11-5-12-13)7-4-6(2)14-8(7)10/h4-5H,3,10H2,1-2H3. The zero-order valence-electron chi connectivity index (χ0n) is 8.19. The molecule has 2 aromatic rings. The number of anilines is 1. The van der Waals surface area contributed by atoms with Gasteiger partial charge in [-0.2, -0.15) is 5.10 Å². The number of thiophene rings is 1. The molecule has 5 heteroatoms. The number of hydrogen-bond donors (Lipinski definition) is 1. The molecule has 0 saturated carbocycles. The Labute approximate surface area is 86.4 Å². The Hall–Kier alpha value is -1.36. The summed E-state index contributed by atoms with van der Waals surface area (Å²) in [5.41, 5.74) is 6.89. The van der Waals surface area contributed by atoms with Gasteiger partial charge >= 0.3 is 0 Å². The normalized spacial score (nSPS) is 10.7. The van der Waals surface area contributed by atoms with Gasteiger partial charge in [0.15, 0.2) is 5.82 Å². The van der Waals surface area contributed by atoms with Crippen molar-refractivity contribution >= 4 is 16.3 Å². The minimum absolute atomic E-state index is 0.809. The number of hydrogen-bond acceptors (Lipinski definition) is 4. The fourth-order valence-electron chi connectivity index (χ4n) is 1.41. The van der Waals surface area contributed by atoms with Crippen LogP contribution in [0.3, 0.4) is 0 Å². The largest absolute Gasteiger partial charge is 0.390 e. The maximum absolute atomic E-state index is 5.89. The number of rotatable bonds is 2. The third-order valence-corrected chi connectivity index (χ3v) is 2.92. The van der Waals surface area contributed by atoms with Crippen LogP contribution < -0.4 is 5.73 Å². The summed E-state index contributed by atoms with van der Waals surface area (Å²) in [6, 6.07) is 2.05. The van der Waals surface area contributed by atoms with Crippen LogP contribution in [-0.2, 0) is 6.54 Å². The Bertz CT molecular complexity index is 443. The van der Waals surface area contributed by atoms with Crippen LogP contribution in [0.15, 0.2) is 12.4 Å². The average molecular weight is 208 g/mol. The van der Waals surface area contributed by atoms with Gasteiger partial charge in [-0.3, -0.25) is 0 Å². The molecule has 0 amide bonds. The third-order valence-electron chi connectivity index (χ3n) is 2.04. The van der Waals surface area contributed by atoms with Crippen molar-refractivity contribution in [3.05, 3.63) is 17.3 Å².